The highest BCUT2D eigenvalue weighted by Gasteiger charge is 2.17. The van der Waals surface area contributed by atoms with E-state index in [0.717, 1.165) is 31.7 Å². The Morgan fingerprint density at radius 1 is 0.931 bits per heavy atom. The number of carbonyl (C=O) groups is 2. The lowest BCUT2D eigenvalue weighted by Crippen LogP contribution is -2.48. The molecule has 0 radical (unpaired) electrons. The van der Waals surface area contributed by atoms with E-state index in [9.17, 15) is 9.59 Å². The zero-order chi connectivity index (χ0) is 20.5. The molecule has 152 valence electrons. The summed E-state index contributed by atoms with van der Waals surface area (Å²) < 4.78 is 0. The summed E-state index contributed by atoms with van der Waals surface area (Å²) in [6.07, 6.45) is 3.48. The van der Waals surface area contributed by atoms with E-state index in [1.165, 1.54) is 17.3 Å². The van der Waals surface area contributed by atoms with Crippen molar-refractivity contribution in [1.82, 2.24) is 15.8 Å². The molecule has 6 heteroatoms. The summed E-state index contributed by atoms with van der Waals surface area (Å²) in [7, 11) is 0. The number of para-hydroxylation sites is 1. The average Bonchev–Trinajstić information content (AvgIpc) is 2.77. The molecule has 0 unspecified atom stereocenters. The summed E-state index contributed by atoms with van der Waals surface area (Å²) in [5, 5.41) is 0. The summed E-state index contributed by atoms with van der Waals surface area (Å²) >= 11 is 0. The van der Waals surface area contributed by atoms with Crippen LogP contribution in [0.15, 0.2) is 60.7 Å². The van der Waals surface area contributed by atoms with Crippen LogP contribution in [0.2, 0.25) is 0 Å². The third-order valence-corrected chi connectivity index (χ3v) is 4.98. The lowest BCUT2D eigenvalue weighted by atomic mass is 10.1. The Hall–Kier alpha value is -3.12. The highest BCUT2D eigenvalue weighted by atomic mass is 16.2. The second-order valence-electron chi connectivity index (χ2n) is 7.20. The largest absolute Gasteiger partial charge is 0.369 e. The Morgan fingerprint density at radius 2 is 1.62 bits per heavy atom. The number of anilines is 1. The number of rotatable bonds is 6. The Morgan fingerprint density at radius 3 is 2.31 bits per heavy atom. The second kappa shape index (κ2) is 10.4. The molecule has 29 heavy (non-hydrogen) atoms. The normalized spacial score (nSPS) is 14.7. The number of hydrogen-bond acceptors (Lipinski definition) is 4. The molecule has 6 nitrogen and oxygen atoms in total. The lowest BCUT2D eigenvalue weighted by Gasteiger charge is -2.36. The highest BCUT2D eigenvalue weighted by Crippen LogP contribution is 2.15. The van der Waals surface area contributed by atoms with Crippen molar-refractivity contribution >= 4 is 23.6 Å². The first-order valence-corrected chi connectivity index (χ1v) is 9.96. The van der Waals surface area contributed by atoms with Crippen LogP contribution in [0.4, 0.5) is 5.69 Å². The molecule has 2 N–H and O–H groups in total. The van der Waals surface area contributed by atoms with Crippen molar-refractivity contribution in [2.24, 2.45) is 0 Å². The molecule has 0 aromatic heterocycles. The maximum Gasteiger partial charge on any atom is 0.262 e. The van der Waals surface area contributed by atoms with Crippen LogP contribution in [0.1, 0.15) is 17.5 Å². The van der Waals surface area contributed by atoms with Gasteiger partial charge in [0.1, 0.15) is 0 Å². The van der Waals surface area contributed by atoms with E-state index in [0.29, 0.717) is 13.0 Å². The first kappa shape index (κ1) is 20.6. The van der Waals surface area contributed by atoms with Gasteiger partial charge in [0.05, 0.1) is 0 Å². The zero-order valence-corrected chi connectivity index (χ0v) is 16.8. The van der Waals surface area contributed by atoms with Gasteiger partial charge in [0.2, 0.25) is 5.91 Å². The topological polar surface area (TPSA) is 64.7 Å². The summed E-state index contributed by atoms with van der Waals surface area (Å²) in [4.78, 5) is 28.5. The number of amides is 2. The fourth-order valence-corrected chi connectivity index (χ4v) is 3.21. The second-order valence-corrected chi connectivity index (χ2v) is 7.20. The van der Waals surface area contributed by atoms with Crippen LogP contribution in [0.5, 0.6) is 0 Å². The van der Waals surface area contributed by atoms with Gasteiger partial charge in [-0.25, -0.2) is 0 Å². The van der Waals surface area contributed by atoms with Crippen molar-refractivity contribution in [1.29, 1.82) is 0 Å². The van der Waals surface area contributed by atoms with E-state index < -0.39 is 0 Å². The van der Waals surface area contributed by atoms with Crippen molar-refractivity contribution < 1.29 is 9.59 Å². The molecule has 1 fully saturated rings. The summed E-state index contributed by atoms with van der Waals surface area (Å²) in [6, 6.07) is 18.2. The average molecular weight is 393 g/mol. The molecule has 1 heterocycles. The summed E-state index contributed by atoms with van der Waals surface area (Å²) in [6.45, 7) is 6.45. The van der Waals surface area contributed by atoms with Gasteiger partial charge >= 0.3 is 0 Å². The molecule has 3 rings (SSSR count). The molecule has 0 atom stereocenters. The maximum atomic E-state index is 12.0. The predicted molar refractivity (Wildman–Crippen MR) is 116 cm³/mol. The molecule has 0 aliphatic carbocycles. The predicted octanol–water partition coefficient (Wildman–Crippen LogP) is 2.37. The number of nitrogens with zero attached hydrogens (tertiary/aromatic N) is 2. The Balaban J connectivity index is 1.32. The molecule has 1 aliphatic heterocycles. The van der Waals surface area contributed by atoms with Gasteiger partial charge < -0.3 is 4.90 Å². The zero-order valence-electron chi connectivity index (χ0n) is 16.8. The van der Waals surface area contributed by atoms with Gasteiger partial charge in [0.15, 0.2) is 0 Å². The Kier molecular flexibility index (Phi) is 7.41. The molecule has 0 saturated carbocycles. The smallest absolute Gasteiger partial charge is 0.262 e. The maximum absolute atomic E-state index is 12.0. The van der Waals surface area contributed by atoms with Crippen LogP contribution in [0.3, 0.4) is 0 Å². The van der Waals surface area contributed by atoms with Gasteiger partial charge in [-0.15, -0.1) is 0 Å². The third-order valence-electron chi connectivity index (χ3n) is 4.98. The Labute approximate surface area is 172 Å². The van der Waals surface area contributed by atoms with E-state index in [-0.39, 0.29) is 11.8 Å². The Bertz CT molecular complexity index is 826. The fraction of sp³-hybridized carbons (Fsp3) is 0.304. The molecule has 1 saturated heterocycles. The van der Waals surface area contributed by atoms with Crippen molar-refractivity contribution in [3.8, 4) is 0 Å². The van der Waals surface area contributed by atoms with Crippen molar-refractivity contribution in [2.45, 2.75) is 13.3 Å². The van der Waals surface area contributed by atoms with Gasteiger partial charge in [0, 0.05) is 50.9 Å². The summed E-state index contributed by atoms with van der Waals surface area (Å²) in [5.74, 6) is -0.539. The van der Waals surface area contributed by atoms with E-state index >= 15 is 0 Å². The summed E-state index contributed by atoms with van der Waals surface area (Å²) in [5.41, 5.74) is 8.25. The van der Waals surface area contributed by atoms with E-state index in [1.807, 2.05) is 37.3 Å². The number of benzene rings is 2. The fourth-order valence-electron chi connectivity index (χ4n) is 3.21. The standard InChI is InChI=1S/C23H28N4O2/c1-19-7-9-20(10-8-19)11-12-22(28)24-25-23(29)13-14-26-15-17-27(18-16-26)21-5-3-2-4-6-21/h2-12H,13-18H2,1H3,(H,24,28)(H,25,29)/b12-11+. The SMILES string of the molecule is Cc1ccc(/C=C/C(=O)NNC(=O)CCN2CCN(c3ccccc3)CC2)cc1. The number of nitrogens with one attached hydrogen (secondary N) is 2. The number of piperazine rings is 1. The quantitative estimate of drug-likeness (QED) is 0.585. The van der Waals surface area contributed by atoms with Gasteiger partial charge in [-0.1, -0.05) is 48.0 Å². The molecular formula is C23H28N4O2. The molecule has 2 amide bonds. The minimum atomic E-state index is -0.351. The molecule has 2 aromatic rings. The molecule has 0 bridgehead atoms. The molecule has 2 aromatic carbocycles. The number of aryl methyl sites for hydroxylation is 1. The first-order valence-electron chi connectivity index (χ1n) is 9.96. The van der Waals surface area contributed by atoms with E-state index in [1.54, 1.807) is 6.08 Å². The van der Waals surface area contributed by atoms with Crippen molar-refractivity contribution in [2.75, 3.05) is 37.6 Å². The lowest BCUT2D eigenvalue weighted by molar-refractivity contribution is -0.127. The minimum absolute atomic E-state index is 0.187. The molecular weight excluding hydrogens is 364 g/mol. The van der Waals surface area contributed by atoms with Gasteiger partial charge in [-0.2, -0.15) is 0 Å². The van der Waals surface area contributed by atoms with Crippen molar-refractivity contribution in [3.63, 3.8) is 0 Å². The van der Waals surface area contributed by atoms with Crippen LogP contribution in [-0.4, -0.2) is 49.4 Å². The molecule has 1 aliphatic rings. The van der Waals surface area contributed by atoms with Crippen LogP contribution < -0.4 is 15.8 Å². The monoisotopic (exact) mass is 392 g/mol. The third kappa shape index (κ3) is 6.76. The number of hydrogen-bond donors (Lipinski definition) is 2. The van der Waals surface area contributed by atoms with Gasteiger partial charge in [-0.05, 0) is 30.7 Å². The number of hydrazine groups is 1. The van der Waals surface area contributed by atoms with Crippen LogP contribution in [-0.2, 0) is 9.59 Å². The first-order chi connectivity index (χ1) is 14.1. The van der Waals surface area contributed by atoms with E-state index in [4.69, 9.17) is 0 Å². The van der Waals surface area contributed by atoms with Crippen molar-refractivity contribution in [3.05, 3.63) is 71.8 Å². The number of carbonyl (C=O) groups excluding carboxylic acids is 2. The van der Waals surface area contributed by atoms with E-state index in [2.05, 4.69) is 44.9 Å². The molecule has 0 spiro atoms. The van der Waals surface area contributed by atoms with Crippen LogP contribution in [0, 0.1) is 6.92 Å². The van der Waals surface area contributed by atoms with Gasteiger partial charge in [0.25, 0.3) is 5.91 Å². The van der Waals surface area contributed by atoms with Crippen LogP contribution >= 0.6 is 0 Å². The van der Waals surface area contributed by atoms with Crippen LogP contribution in [0.25, 0.3) is 6.08 Å². The highest BCUT2D eigenvalue weighted by molar-refractivity contribution is 5.93. The minimum Gasteiger partial charge on any atom is -0.369 e. The van der Waals surface area contributed by atoms with Gasteiger partial charge in [-0.3, -0.25) is 25.3 Å².